The van der Waals surface area contributed by atoms with Crippen LogP contribution in [-0.2, 0) is 0 Å². The largest absolute Gasteiger partial charge is 0.478 e. The summed E-state index contributed by atoms with van der Waals surface area (Å²) in [6.07, 6.45) is 9.92. The highest BCUT2D eigenvalue weighted by molar-refractivity contribution is 7.98. The molecule has 1 aromatic rings. The van der Waals surface area contributed by atoms with E-state index in [1.165, 1.54) is 37.3 Å². The van der Waals surface area contributed by atoms with Crippen molar-refractivity contribution in [3.05, 3.63) is 24.0 Å². The van der Waals surface area contributed by atoms with Gasteiger partial charge in [0.1, 0.15) is 0 Å². The van der Waals surface area contributed by atoms with Crippen LogP contribution >= 0.6 is 11.8 Å². The molecular weight excluding hydrogens is 248 g/mol. The lowest BCUT2D eigenvalue weighted by Crippen LogP contribution is -2.08. The smallest absolute Gasteiger partial charge is 0.337 e. The lowest BCUT2D eigenvalue weighted by Gasteiger charge is -2.08. The maximum Gasteiger partial charge on any atom is 0.337 e. The topological polar surface area (TPSA) is 62.2 Å². The summed E-state index contributed by atoms with van der Waals surface area (Å²) < 4.78 is 0. The van der Waals surface area contributed by atoms with Crippen LogP contribution < -0.4 is 5.32 Å². The predicted molar refractivity (Wildman–Crippen MR) is 76.5 cm³/mol. The summed E-state index contributed by atoms with van der Waals surface area (Å²) in [6, 6.07) is 1.52. The van der Waals surface area contributed by atoms with Crippen LogP contribution in [0.1, 0.15) is 36.0 Å². The van der Waals surface area contributed by atoms with Crippen LogP contribution in [0.15, 0.2) is 18.5 Å². The number of pyridine rings is 1. The first-order valence-corrected chi connectivity index (χ1v) is 7.55. The number of unbranched alkanes of at least 4 members (excludes halogenated alkanes) is 3. The molecule has 0 aliphatic rings. The number of anilines is 1. The molecule has 0 unspecified atom stereocenters. The molecule has 0 aliphatic carbocycles. The third-order valence-corrected chi connectivity index (χ3v) is 3.34. The number of carboxylic acids is 1. The molecule has 1 rings (SSSR count). The minimum Gasteiger partial charge on any atom is -0.478 e. The van der Waals surface area contributed by atoms with E-state index in [0.717, 1.165) is 13.0 Å². The first-order chi connectivity index (χ1) is 8.75. The summed E-state index contributed by atoms with van der Waals surface area (Å²) in [5.74, 6) is 0.305. The number of nitrogens with one attached hydrogen (secondary N) is 1. The standard InChI is InChI=1S/C13H20N2O2S/c1-18-9-5-3-2-4-7-15-12-10-14-8-6-11(12)13(16)17/h6,8,10,15H,2-5,7,9H2,1H3,(H,16,17). The van der Waals surface area contributed by atoms with Gasteiger partial charge in [0.25, 0.3) is 0 Å². The van der Waals surface area contributed by atoms with Crippen LogP contribution in [0.5, 0.6) is 0 Å². The van der Waals surface area contributed by atoms with Gasteiger partial charge in [0.2, 0.25) is 0 Å². The average Bonchev–Trinajstić information content (AvgIpc) is 2.38. The van der Waals surface area contributed by atoms with Crippen LogP contribution in [0.2, 0.25) is 0 Å². The second-order valence-electron chi connectivity index (χ2n) is 4.06. The van der Waals surface area contributed by atoms with E-state index in [1.807, 2.05) is 11.8 Å². The zero-order valence-corrected chi connectivity index (χ0v) is 11.5. The van der Waals surface area contributed by atoms with Crippen molar-refractivity contribution in [1.29, 1.82) is 0 Å². The van der Waals surface area contributed by atoms with Crippen molar-refractivity contribution in [3.63, 3.8) is 0 Å². The Morgan fingerprint density at radius 1 is 1.39 bits per heavy atom. The van der Waals surface area contributed by atoms with Crippen molar-refractivity contribution in [2.75, 3.05) is 23.9 Å². The first-order valence-electron chi connectivity index (χ1n) is 6.16. The van der Waals surface area contributed by atoms with Gasteiger partial charge < -0.3 is 10.4 Å². The summed E-state index contributed by atoms with van der Waals surface area (Å²) in [7, 11) is 0. The molecule has 100 valence electrons. The van der Waals surface area contributed by atoms with E-state index in [0.29, 0.717) is 5.69 Å². The number of nitrogens with zero attached hydrogens (tertiary/aromatic N) is 1. The fourth-order valence-corrected chi connectivity index (χ4v) is 2.16. The van der Waals surface area contributed by atoms with E-state index >= 15 is 0 Å². The normalized spacial score (nSPS) is 10.3. The maximum atomic E-state index is 11.0. The second-order valence-corrected chi connectivity index (χ2v) is 5.05. The predicted octanol–water partition coefficient (Wildman–Crippen LogP) is 3.12. The Bertz CT molecular complexity index is 372. The molecule has 4 nitrogen and oxygen atoms in total. The lowest BCUT2D eigenvalue weighted by molar-refractivity contribution is 0.0698. The number of hydrogen-bond acceptors (Lipinski definition) is 4. The molecule has 18 heavy (non-hydrogen) atoms. The fourth-order valence-electron chi connectivity index (χ4n) is 1.67. The third kappa shape index (κ3) is 5.40. The van der Waals surface area contributed by atoms with Crippen molar-refractivity contribution in [2.24, 2.45) is 0 Å². The Balaban J connectivity index is 2.25. The van der Waals surface area contributed by atoms with Gasteiger partial charge in [-0.2, -0.15) is 11.8 Å². The van der Waals surface area contributed by atoms with Crippen LogP contribution in [-0.4, -0.2) is 34.6 Å². The van der Waals surface area contributed by atoms with Crippen molar-refractivity contribution in [2.45, 2.75) is 25.7 Å². The van der Waals surface area contributed by atoms with Crippen molar-refractivity contribution < 1.29 is 9.90 Å². The number of rotatable bonds is 9. The van der Waals surface area contributed by atoms with Crippen LogP contribution in [0.25, 0.3) is 0 Å². The molecule has 0 amide bonds. The minimum absolute atomic E-state index is 0.285. The van der Waals surface area contributed by atoms with Gasteiger partial charge in [-0.25, -0.2) is 4.79 Å². The molecule has 0 fully saturated rings. The highest BCUT2D eigenvalue weighted by Crippen LogP contribution is 2.13. The number of carbonyl (C=O) groups is 1. The molecular formula is C13H20N2O2S. The van der Waals surface area contributed by atoms with E-state index in [-0.39, 0.29) is 5.56 Å². The first kappa shape index (κ1) is 14.8. The van der Waals surface area contributed by atoms with Gasteiger partial charge in [0.15, 0.2) is 0 Å². The van der Waals surface area contributed by atoms with Crippen LogP contribution in [0, 0.1) is 0 Å². The number of aromatic nitrogens is 1. The van der Waals surface area contributed by atoms with Gasteiger partial charge in [-0.05, 0) is 30.9 Å². The lowest BCUT2D eigenvalue weighted by atomic mass is 10.2. The number of aromatic carboxylic acids is 1. The monoisotopic (exact) mass is 268 g/mol. The van der Waals surface area contributed by atoms with Gasteiger partial charge >= 0.3 is 5.97 Å². The Labute approximate surface area is 112 Å². The van der Waals surface area contributed by atoms with Gasteiger partial charge in [-0.1, -0.05) is 12.8 Å². The van der Waals surface area contributed by atoms with Crippen molar-refractivity contribution in [3.8, 4) is 0 Å². The Kier molecular flexibility index (Phi) is 7.25. The highest BCUT2D eigenvalue weighted by atomic mass is 32.2. The summed E-state index contributed by atoms with van der Waals surface area (Å²) in [4.78, 5) is 14.9. The molecule has 0 bridgehead atoms. The van der Waals surface area contributed by atoms with E-state index in [4.69, 9.17) is 5.11 Å². The average molecular weight is 268 g/mol. The summed E-state index contributed by atoms with van der Waals surface area (Å²) >= 11 is 1.88. The van der Waals surface area contributed by atoms with Crippen LogP contribution in [0.3, 0.4) is 0 Å². The van der Waals surface area contributed by atoms with E-state index in [1.54, 1.807) is 6.20 Å². The Morgan fingerprint density at radius 2 is 2.17 bits per heavy atom. The molecule has 2 N–H and O–H groups in total. The number of hydrogen-bond donors (Lipinski definition) is 2. The highest BCUT2D eigenvalue weighted by Gasteiger charge is 2.08. The van der Waals surface area contributed by atoms with Crippen LogP contribution in [0.4, 0.5) is 5.69 Å². The van der Waals surface area contributed by atoms with E-state index < -0.39 is 5.97 Å². The quantitative estimate of drug-likeness (QED) is 0.674. The Morgan fingerprint density at radius 3 is 2.89 bits per heavy atom. The zero-order chi connectivity index (χ0) is 13.2. The Hall–Kier alpha value is -1.23. The van der Waals surface area contributed by atoms with Crippen molar-refractivity contribution >= 4 is 23.4 Å². The molecule has 0 saturated carbocycles. The molecule has 5 heteroatoms. The summed E-state index contributed by atoms with van der Waals surface area (Å²) in [5.41, 5.74) is 0.890. The number of thioether (sulfide) groups is 1. The summed E-state index contributed by atoms with van der Waals surface area (Å²) in [5, 5.41) is 12.1. The molecule has 0 radical (unpaired) electrons. The number of carboxylic acid groups (broad SMARTS) is 1. The molecule has 0 spiro atoms. The van der Waals surface area contributed by atoms with Gasteiger partial charge in [-0.15, -0.1) is 0 Å². The molecule has 0 atom stereocenters. The minimum atomic E-state index is -0.917. The van der Waals surface area contributed by atoms with E-state index in [9.17, 15) is 4.79 Å². The van der Waals surface area contributed by atoms with E-state index in [2.05, 4.69) is 16.6 Å². The molecule has 0 aromatic carbocycles. The third-order valence-electron chi connectivity index (χ3n) is 2.64. The SMILES string of the molecule is CSCCCCCCNc1cnccc1C(=O)O. The molecule has 1 heterocycles. The zero-order valence-electron chi connectivity index (χ0n) is 10.7. The van der Waals surface area contributed by atoms with Gasteiger partial charge in [0.05, 0.1) is 17.4 Å². The second kappa shape index (κ2) is 8.80. The van der Waals surface area contributed by atoms with Gasteiger partial charge in [0, 0.05) is 12.7 Å². The molecule has 0 saturated heterocycles. The molecule has 0 aliphatic heterocycles. The maximum absolute atomic E-state index is 11.0. The molecule has 1 aromatic heterocycles. The fraction of sp³-hybridized carbons (Fsp3) is 0.538. The summed E-state index contributed by atoms with van der Waals surface area (Å²) in [6.45, 7) is 0.797. The van der Waals surface area contributed by atoms with Gasteiger partial charge in [-0.3, -0.25) is 4.98 Å². The van der Waals surface area contributed by atoms with Crippen molar-refractivity contribution in [1.82, 2.24) is 4.98 Å².